The van der Waals surface area contributed by atoms with Gasteiger partial charge in [-0.2, -0.15) is 0 Å². The number of ether oxygens (including phenoxy) is 1. The first-order valence-electron chi connectivity index (χ1n) is 4.27. The molecule has 0 radical (unpaired) electrons. The second-order valence-corrected chi connectivity index (χ2v) is 3.15. The summed E-state index contributed by atoms with van der Waals surface area (Å²) in [5.41, 5.74) is 1.00. The van der Waals surface area contributed by atoms with E-state index >= 15 is 0 Å². The van der Waals surface area contributed by atoms with Gasteiger partial charge in [0.25, 0.3) is 0 Å². The molecular formula is C10H8N2O. The zero-order valence-corrected chi connectivity index (χ0v) is 6.92. The van der Waals surface area contributed by atoms with Crippen molar-refractivity contribution < 1.29 is 4.74 Å². The van der Waals surface area contributed by atoms with Crippen LogP contribution >= 0.6 is 0 Å². The summed E-state index contributed by atoms with van der Waals surface area (Å²) in [6.07, 6.45) is 11.6. The number of aromatic nitrogens is 2. The fourth-order valence-corrected chi connectivity index (χ4v) is 1.76. The van der Waals surface area contributed by atoms with E-state index in [1.807, 2.05) is 18.2 Å². The van der Waals surface area contributed by atoms with Crippen molar-refractivity contribution in [1.29, 1.82) is 0 Å². The van der Waals surface area contributed by atoms with Crippen molar-refractivity contribution in [1.82, 2.24) is 9.97 Å². The fourth-order valence-electron chi connectivity index (χ4n) is 1.76. The molecule has 3 heteroatoms. The molecule has 2 unspecified atom stereocenters. The Morgan fingerprint density at radius 1 is 1.23 bits per heavy atom. The summed E-state index contributed by atoms with van der Waals surface area (Å²) in [5, 5.41) is 0. The first-order valence-corrected chi connectivity index (χ1v) is 4.27. The lowest BCUT2D eigenvalue weighted by atomic mass is 9.96. The predicted octanol–water partition coefficient (Wildman–Crippen LogP) is 1.45. The Balaban J connectivity index is 2.12. The molecule has 13 heavy (non-hydrogen) atoms. The average molecular weight is 172 g/mol. The number of rotatable bonds is 0. The van der Waals surface area contributed by atoms with Crippen LogP contribution < -0.4 is 4.74 Å². The lowest BCUT2D eigenvalue weighted by molar-refractivity contribution is 0.268. The van der Waals surface area contributed by atoms with Gasteiger partial charge in [0.05, 0.1) is 17.8 Å². The molecule has 2 aliphatic rings. The third-order valence-electron chi connectivity index (χ3n) is 2.37. The van der Waals surface area contributed by atoms with E-state index in [1.165, 1.54) is 0 Å². The molecule has 0 N–H and O–H groups in total. The highest BCUT2D eigenvalue weighted by molar-refractivity contribution is 5.40. The van der Waals surface area contributed by atoms with Crippen molar-refractivity contribution in [3.05, 3.63) is 42.5 Å². The number of fused-ring (bicyclic) bond motifs is 3. The van der Waals surface area contributed by atoms with Crippen molar-refractivity contribution in [3.63, 3.8) is 0 Å². The van der Waals surface area contributed by atoms with Crippen molar-refractivity contribution in [2.24, 2.45) is 0 Å². The Bertz CT molecular complexity index is 398. The average Bonchev–Trinajstić information content (AvgIpc) is 2.56. The number of nitrogens with zero attached hydrogens (tertiary/aromatic N) is 2. The van der Waals surface area contributed by atoms with Crippen LogP contribution in [0.3, 0.4) is 0 Å². The zero-order valence-electron chi connectivity index (χ0n) is 6.92. The highest BCUT2D eigenvalue weighted by atomic mass is 16.5. The highest BCUT2D eigenvalue weighted by Crippen LogP contribution is 2.38. The summed E-state index contributed by atoms with van der Waals surface area (Å²) in [6, 6.07) is 0. The summed E-state index contributed by atoms with van der Waals surface area (Å²) in [4.78, 5) is 8.15. The minimum Gasteiger partial charge on any atom is -0.482 e. The van der Waals surface area contributed by atoms with Crippen molar-refractivity contribution in [2.45, 2.75) is 12.0 Å². The number of allylic oxidation sites excluding steroid dienone is 2. The third kappa shape index (κ3) is 0.900. The third-order valence-corrected chi connectivity index (χ3v) is 2.37. The molecule has 3 rings (SSSR count). The predicted molar refractivity (Wildman–Crippen MR) is 47.5 cm³/mol. The molecule has 1 aromatic heterocycles. The van der Waals surface area contributed by atoms with Gasteiger partial charge >= 0.3 is 0 Å². The van der Waals surface area contributed by atoms with Gasteiger partial charge in [-0.1, -0.05) is 18.2 Å². The van der Waals surface area contributed by atoms with Crippen molar-refractivity contribution in [2.75, 3.05) is 0 Å². The zero-order chi connectivity index (χ0) is 8.67. The molecule has 3 nitrogen and oxygen atoms in total. The van der Waals surface area contributed by atoms with Crippen molar-refractivity contribution in [3.8, 4) is 5.75 Å². The van der Waals surface area contributed by atoms with Crippen LogP contribution in [0.1, 0.15) is 11.6 Å². The molecular weight excluding hydrogens is 164 g/mol. The molecule has 0 saturated heterocycles. The van der Waals surface area contributed by atoms with E-state index < -0.39 is 0 Å². The van der Waals surface area contributed by atoms with E-state index in [9.17, 15) is 0 Å². The molecule has 0 fully saturated rings. The van der Waals surface area contributed by atoms with Gasteiger partial charge in [0.2, 0.25) is 0 Å². The summed E-state index contributed by atoms with van der Waals surface area (Å²) in [7, 11) is 0. The molecule has 0 saturated carbocycles. The van der Waals surface area contributed by atoms with Gasteiger partial charge in [-0.15, -0.1) is 0 Å². The van der Waals surface area contributed by atoms with Crippen LogP contribution in [0.4, 0.5) is 0 Å². The molecule has 0 bridgehead atoms. The Labute approximate surface area is 75.8 Å². The van der Waals surface area contributed by atoms with Crippen LogP contribution in [0.25, 0.3) is 0 Å². The first-order chi connectivity index (χ1) is 6.45. The fraction of sp³-hybridized carbons (Fsp3) is 0.200. The molecule has 0 spiro atoms. The Kier molecular flexibility index (Phi) is 1.27. The summed E-state index contributed by atoms with van der Waals surface area (Å²) in [5.74, 6) is 1.09. The normalized spacial score (nSPS) is 28.0. The Morgan fingerprint density at radius 2 is 2.15 bits per heavy atom. The van der Waals surface area contributed by atoms with E-state index in [0.717, 1.165) is 11.4 Å². The molecule has 1 aromatic rings. The molecule has 0 aromatic carbocycles. The topological polar surface area (TPSA) is 35.0 Å². The Morgan fingerprint density at radius 3 is 3.15 bits per heavy atom. The molecule has 2 atom stereocenters. The molecule has 0 amide bonds. The second-order valence-electron chi connectivity index (χ2n) is 3.15. The highest BCUT2D eigenvalue weighted by Gasteiger charge is 2.33. The van der Waals surface area contributed by atoms with Gasteiger partial charge in [0.1, 0.15) is 12.4 Å². The monoisotopic (exact) mass is 172 g/mol. The van der Waals surface area contributed by atoms with E-state index in [4.69, 9.17) is 4.74 Å². The van der Waals surface area contributed by atoms with E-state index in [-0.39, 0.29) is 12.0 Å². The van der Waals surface area contributed by atoms with Gasteiger partial charge in [-0.25, -0.2) is 9.97 Å². The van der Waals surface area contributed by atoms with Crippen LogP contribution in [0, 0.1) is 0 Å². The molecule has 2 heterocycles. The maximum Gasteiger partial charge on any atom is 0.160 e. The first kappa shape index (κ1) is 6.83. The van der Waals surface area contributed by atoms with E-state index in [1.54, 1.807) is 12.5 Å². The quantitative estimate of drug-likeness (QED) is 0.594. The van der Waals surface area contributed by atoms with Gasteiger partial charge in [-0.05, 0) is 6.08 Å². The van der Waals surface area contributed by atoms with Crippen LogP contribution in [-0.4, -0.2) is 16.1 Å². The number of hydrogen-bond donors (Lipinski definition) is 0. The van der Waals surface area contributed by atoms with Crippen LogP contribution in [0.5, 0.6) is 5.75 Å². The van der Waals surface area contributed by atoms with Crippen molar-refractivity contribution >= 4 is 0 Å². The minimum absolute atomic E-state index is 0.122. The summed E-state index contributed by atoms with van der Waals surface area (Å²) < 4.78 is 5.65. The summed E-state index contributed by atoms with van der Waals surface area (Å²) >= 11 is 0. The lowest BCUT2D eigenvalue weighted by Gasteiger charge is -2.12. The maximum absolute atomic E-state index is 5.65. The van der Waals surface area contributed by atoms with Gasteiger partial charge < -0.3 is 4.74 Å². The second kappa shape index (κ2) is 2.42. The Hall–Kier alpha value is -1.64. The lowest BCUT2D eigenvalue weighted by Crippen LogP contribution is -2.15. The number of hydrogen-bond acceptors (Lipinski definition) is 3. The van der Waals surface area contributed by atoms with E-state index in [0.29, 0.717) is 0 Å². The van der Waals surface area contributed by atoms with E-state index in [2.05, 4.69) is 16.0 Å². The van der Waals surface area contributed by atoms with Gasteiger partial charge in [0.15, 0.2) is 5.75 Å². The SMILES string of the molecule is C1=CC2Oc3cncnc3C2C=C1. The van der Waals surface area contributed by atoms with Crippen LogP contribution in [0.15, 0.2) is 36.8 Å². The smallest absolute Gasteiger partial charge is 0.160 e. The molecule has 64 valence electrons. The standard InChI is InChI=1S/C10H8N2O/c1-2-4-8-7(3-1)10-9(13-8)5-11-6-12-10/h1-8H. The minimum atomic E-state index is 0.122. The van der Waals surface area contributed by atoms with Crippen LogP contribution in [-0.2, 0) is 0 Å². The molecule has 1 aliphatic heterocycles. The largest absolute Gasteiger partial charge is 0.482 e. The van der Waals surface area contributed by atoms with Gasteiger partial charge in [0, 0.05) is 0 Å². The van der Waals surface area contributed by atoms with Crippen LogP contribution in [0.2, 0.25) is 0 Å². The maximum atomic E-state index is 5.65. The van der Waals surface area contributed by atoms with Gasteiger partial charge in [-0.3, -0.25) is 0 Å². The summed E-state index contributed by atoms with van der Waals surface area (Å²) in [6.45, 7) is 0. The molecule has 1 aliphatic carbocycles.